The van der Waals surface area contributed by atoms with Crippen molar-refractivity contribution in [2.45, 2.75) is 26.7 Å². The second kappa shape index (κ2) is 6.86. The van der Waals surface area contributed by atoms with Crippen molar-refractivity contribution in [3.8, 4) is 0 Å². The lowest BCUT2D eigenvalue weighted by Gasteiger charge is -2.04. The van der Waals surface area contributed by atoms with Crippen LogP contribution >= 0.6 is 22.9 Å². The van der Waals surface area contributed by atoms with Crippen LogP contribution in [0.4, 0.5) is 0 Å². The third kappa shape index (κ3) is 4.32. The van der Waals surface area contributed by atoms with Gasteiger partial charge in [-0.15, -0.1) is 11.3 Å². The third-order valence-corrected chi connectivity index (χ3v) is 4.36. The molecule has 2 rings (SSSR count). The van der Waals surface area contributed by atoms with Crippen LogP contribution in [-0.4, -0.2) is 17.4 Å². The van der Waals surface area contributed by atoms with E-state index in [1.807, 2.05) is 25.1 Å². The van der Waals surface area contributed by atoms with Crippen LogP contribution in [0.15, 0.2) is 24.3 Å². The normalized spacial score (nSPS) is 10.6. The summed E-state index contributed by atoms with van der Waals surface area (Å²) in [4.78, 5) is 17.5. The van der Waals surface area contributed by atoms with Gasteiger partial charge < -0.3 is 5.32 Å². The summed E-state index contributed by atoms with van der Waals surface area (Å²) in [5.41, 5.74) is 2.01. The number of aromatic nitrogens is 1. The molecule has 0 spiro atoms. The van der Waals surface area contributed by atoms with Crippen molar-refractivity contribution >= 4 is 28.8 Å². The van der Waals surface area contributed by atoms with Crippen LogP contribution in [-0.2, 0) is 17.6 Å². The van der Waals surface area contributed by atoms with Gasteiger partial charge in [-0.1, -0.05) is 23.7 Å². The number of thiazole rings is 1. The molecule has 0 aliphatic rings. The van der Waals surface area contributed by atoms with E-state index in [4.69, 9.17) is 11.6 Å². The number of hydrogen-bond acceptors (Lipinski definition) is 3. The summed E-state index contributed by atoms with van der Waals surface area (Å²) >= 11 is 7.58. The number of rotatable bonds is 5. The maximum absolute atomic E-state index is 11.8. The van der Waals surface area contributed by atoms with Crippen LogP contribution in [0.2, 0.25) is 5.02 Å². The number of benzene rings is 1. The zero-order chi connectivity index (χ0) is 14.5. The lowest BCUT2D eigenvalue weighted by molar-refractivity contribution is -0.120. The molecule has 1 amide bonds. The SMILES string of the molecule is Cc1nc(CCNC(=O)Cc2cccc(Cl)c2)sc1C. The molecule has 1 aromatic heterocycles. The lowest BCUT2D eigenvalue weighted by Crippen LogP contribution is -2.27. The van der Waals surface area contributed by atoms with Gasteiger partial charge in [0, 0.05) is 22.9 Å². The van der Waals surface area contributed by atoms with Gasteiger partial charge in [0.1, 0.15) is 0 Å². The van der Waals surface area contributed by atoms with Crippen molar-refractivity contribution in [1.82, 2.24) is 10.3 Å². The average molecular weight is 309 g/mol. The number of nitrogens with zero attached hydrogens (tertiary/aromatic N) is 1. The highest BCUT2D eigenvalue weighted by molar-refractivity contribution is 7.11. The minimum Gasteiger partial charge on any atom is -0.355 e. The van der Waals surface area contributed by atoms with Crippen molar-refractivity contribution in [2.24, 2.45) is 0 Å². The molecule has 3 nitrogen and oxygen atoms in total. The first kappa shape index (κ1) is 15.0. The van der Waals surface area contributed by atoms with E-state index >= 15 is 0 Å². The smallest absolute Gasteiger partial charge is 0.224 e. The molecule has 0 atom stereocenters. The molecule has 0 radical (unpaired) electrons. The number of amides is 1. The molecule has 2 aromatic rings. The molecule has 0 aliphatic heterocycles. The van der Waals surface area contributed by atoms with Gasteiger partial charge in [0.25, 0.3) is 0 Å². The quantitative estimate of drug-likeness (QED) is 0.920. The molecule has 0 unspecified atom stereocenters. The predicted octanol–water partition coefficient (Wildman–Crippen LogP) is 3.31. The van der Waals surface area contributed by atoms with Crippen LogP contribution in [0, 0.1) is 13.8 Å². The Bertz CT molecular complexity index is 590. The van der Waals surface area contributed by atoms with Crippen molar-refractivity contribution in [1.29, 1.82) is 0 Å². The summed E-state index contributed by atoms with van der Waals surface area (Å²) in [6, 6.07) is 7.37. The van der Waals surface area contributed by atoms with E-state index in [0.717, 1.165) is 22.7 Å². The van der Waals surface area contributed by atoms with E-state index < -0.39 is 0 Å². The molecule has 0 fully saturated rings. The molecule has 106 valence electrons. The number of halogens is 1. The van der Waals surface area contributed by atoms with Crippen molar-refractivity contribution in [3.63, 3.8) is 0 Å². The second-order valence-electron chi connectivity index (χ2n) is 4.66. The number of carbonyl (C=O) groups excluding carboxylic acids is 1. The molecule has 1 N–H and O–H groups in total. The number of carbonyl (C=O) groups is 1. The average Bonchev–Trinajstić information content (AvgIpc) is 2.68. The Morgan fingerprint density at radius 2 is 2.20 bits per heavy atom. The number of hydrogen-bond donors (Lipinski definition) is 1. The Hall–Kier alpha value is -1.39. The third-order valence-electron chi connectivity index (χ3n) is 2.99. The molecular formula is C15H17ClN2OS. The van der Waals surface area contributed by atoms with Gasteiger partial charge >= 0.3 is 0 Å². The summed E-state index contributed by atoms with van der Waals surface area (Å²) in [7, 11) is 0. The van der Waals surface area contributed by atoms with Crippen LogP contribution in [0.1, 0.15) is 21.1 Å². The van der Waals surface area contributed by atoms with Crippen molar-refractivity contribution in [2.75, 3.05) is 6.54 Å². The Morgan fingerprint density at radius 1 is 1.40 bits per heavy atom. The summed E-state index contributed by atoms with van der Waals surface area (Å²) < 4.78 is 0. The van der Waals surface area contributed by atoms with E-state index in [9.17, 15) is 4.79 Å². The van der Waals surface area contributed by atoms with Crippen molar-refractivity contribution in [3.05, 3.63) is 50.4 Å². The highest BCUT2D eigenvalue weighted by atomic mass is 35.5. The van der Waals surface area contributed by atoms with Gasteiger partial charge in [-0.2, -0.15) is 0 Å². The molecule has 1 aromatic carbocycles. The molecule has 5 heteroatoms. The van der Waals surface area contributed by atoms with E-state index in [0.29, 0.717) is 18.0 Å². The first-order valence-corrected chi connectivity index (χ1v) is 7.68. The largest absolute Gasteiger partial charge is 0.355 e. The van der Waals surface area contributed by atoms with Gasteiger partial charge in [0.2, 0.25) is 5.91 Å². The van der Waals surface area contributed by atoms with Gasteiger partial charge in [-0.3, -0.25) is 4.79 Å². The zero-order valence-corrected chi connectivity index (χ0v) is 13.1. The number of aryl methyl sites for hydroxylation is 2. The molecule has 0 saturated carbocycles. The van der Waals surface area contributed by atoms with Gasteiger partial charge in [0.15, 0.2) is 0 Å². The van der Waals surface area contributed by atoms with Crippen LogP contribution in [0.5, 0.6) is 0 Å². The minimum absolute atomic E-state index is 0.0114. The highest BCUT2D eigenvalue weighted by Crippen LogP contribution is 2.16. The summed E-state index contributed by atoms with van der Waals surface area (Å²) in [6.07, 6.45) is 1.14. The number of nitrogens with one attached hydrogen (secondary N) is 1. The maximum Gasteiger partial charge on any atom is 0.224 e. The molecule has 20 heavy (non-hydrogen) atoms. The highest BCUT2D eigenvalue weighted by Gasteiger charge is 2.06. The first-order valence-electron chi connectivity index (χ1n) is 6.48. The molecule has 0 aliphatic carbocycles. The Balaban J connectivity index is 1.78. The van der Waals surface area contributed by atoms with Gasteiger partial charge in [0.05, 0.1) is 17.1 Å². The van der Waals surface area contributed by atoms with E-state index in [1.165, 1.54) is 4.88 Å². The fourth-order valence-corrected chi connectivity index (χ4v) is 3.00. The Kier molecular flexibility index (Phi) is 5.15. The van der Waals surface area contributed by atoms with Gasteiger partial charge in [-0.05, 0) is 31.5 Å². The fraction of sp³-hybridized carbons (Fsp3) is 0.333. The maximum atomic E-state index is 11.8. The lowest BCUT2D eigenvalue weighted by atomic mass is 10.1. The monoisotopic (exact) mass is 308 g/mol. The van der Waals surface area contributed by atoms with E-state index in [2.05, 4.69) is 17.2 Å². The minimum atomic E-state index is 0.0114. The van der Waals surface area contributed by atoms with E-state index in [1.54, 1.807) is 17.4 Å². The Labute approximate surface area is 128 Å². The predicted molar refractivity (Wildman–Crippen MR) is 83.5 cm³/mol. The Morgan fingerprint density at radius 3 is 2.85 bits per heavy atom. The van der Waals surface area contributed by atoms with Gasteiger partial charge in [-0.25, -0.2) is 4.98 Å². The van der Waals surface area contributed by atoms with Crippen LogP contribution in [0.3, 0.4) is 0 Å². The van der Waals surface area contributed by atoms with Crippen LogP contribution < -0.4 is 5.32 Å². The molecular weight excluding hydrogens is 292 g/mol. The molecule has 1 heterocycles. The summed E-state index contributed by atoms with van der Waals surface area (Å²) in [6.45, 7) is 4.69. The van der Waals surface area contributed by atoms with Crippen LogP contribution in [0.25, 0.3) is 0 Å². The standard InChI is InChI=1S/C15H17ClN2OS/c1-10-11(2)20-15(18-10)6-7-17-14(19)9-12-4-3-5-13(16)8-12/h3-5,8H,6-7,9H2,1-2H3,(H,17,19). The zero-order valence-electron chi connectivity index (χ0n) is 11.6. The summed E-state index contributed by atoms with van der Waals surface area (Å²) in [5, 5.41) is 4.64. The van der Waals surface area contributed by atoms with E-state index in [-0.39, 0.29) is 5.91 Å². The first-order chi connectivity index (χ1) is 9.54. The molecule has 0 bridgehead atoms. The topological polar surface area (TPSA) is 42.0 Å². The van der Waals surface area contributed by atoms with Crippen molar-refractivity contribution < 1.29 is 4.79 Å². The second-order valence-corrected chi connectivity index (χ2v) is 6.38. The summed E-state index contributed by atoms with van der Waals surface area (Å²) in [5.74, 6) is 0.0114. The fourth-order valence-electron chi connectivity index (χ4n) is 1.85. The molecule has 0 saturated heterocycles.